The molecule has 6 nitrogen and oxygen atoms in total. The Balaban J connectivity index is 1.11. The lowest BCUT2D eigenvalue weighted by Gasteiger charge is -2.53. The predicted octanol–water partition coefficient (Wildman–Crippen LogP) is 7.79. The molecule has 44 heavy (non-hydrogen) atoms. The first-order chi connectivity index (χ1) is 21.2. The Labute approximate surface area is 267 Å². The molecular weight excluding hydrogens is 548 g/mol. The number of carbonyl (C=O) groups excluding carboxylic acids is 2. The lowest BCUT2D eigenvalue weighted by Crippen LogP contribution is -2.50. The van der Waals surface area contributed by atoms with Crippen LogP contribution in [0.2, 0.25) is 0 Å². The Bertz CT molecular complexity index is 1070. The third-order valence-electron chi connectivity index (χ3n) is 12.0. The number of aliphatic hydroxyl groups is 1. The maximum Gasteiger partial charge on any atom is 0.242 e. The summed E-state index contributed by atoms with van der Waals surface area (Å²) in [5.41, 5.74) is 2.93. The number of hydrogen-bond donors (Lipinski definition) is 4. The van der Waals surface area contributed by atoms with E-state index >= 15 is 0 Å². The zero-order valence-electron chi connectivity index (χ0n) is 28.2. The van der Waals surface area contributed by atoms with E-state index in [4.69, 9.17) is 0 Å². The fourth-order valence-corrected chi connectivity index (χ4v) is 9.10. The lowest BCUT2D eigenvalue weighted by molar-refractivity contribution is -0.130. The molecule has 0 aromatic heterocycles. The zero-order chi connectivity index (χ0) is 31.7. The summed E-state index contributed by atoms with van der Waals surface area (Å²) in [6.07, 6.45) is 18.9. The average molecular weight is 611 g/mol. The highest BCUT2D eigenvalue weighted by atomic mass is 16.3. The second kappa shape index (κ2) is 16.5. The van der Waals surface area contributed by atoms with Crippen LogP contribution in [-0.2, 0) is 16.0 Å². The van der Waals surface area contributed by atoms with Gasteiger partial charge in [-0.05, 0) is 103 Å². The fourth-order valence-electron chi connectivity index (χ4n) is 9.10. The van der Waals surface area contributed by atoms with Crippen LogP contribution in [0, 0.1) is 29.1 Å². The molecule has 8 atom stereocenters. The quantitative estimate of drug-likeness (QED) is 0.135. The number of hydrogen-bond acceptors (Lipinski definition) is 4. The van der Waals surface area contributed by atoms with Crippen molar-refractivity contribution < 1.29 is 19.8 Å². The minimum absolute atomic E-state index is 0.0504. The highest BCUT2D eigenvalue weighted by Crippen LogP contribution is 2.62. The molecule has 0 saturated heterocycles. The third-order valence-corrected chi connectivity index (χ3v) is 12.0. The van der Waals surface area contributed by atoms with Gasteiger partial charge in [0.1, 0.15) is 11.8 Å². The third kappa shape index (κ3) is 8.39. The molecule has 0 radical (unpaired) electrons. The molecule has 3 aliphatic rings. The summed E-state index contributed by atoms with van der Waals surface area (Å²) in [6.45, 7) is 8.93. The number of phenolic OH excluding ortho intramolecular Hbond substituents is 1. The van der Waals surface area contributed by atoms with Gasteiger partial charge in [-0.2, -0.15) is 0 Å². The van der Waals surface area contributed by atoms with Gasteiger partial charge < -0.3 is 20.8 Å². The Hall–Kier alpha value is -2.08. The number of rotatable bonds is 17. The maximum absolute atomic E-state index is 12.6. The molecule has 4 N–H and O–H groups in total. The van der Waals surface area contributed by atoms with Gasteiger partial charge in [-0.25, -0.2) is 0 Å². The molecule has 1 aromatic rings. The van der Waals surface area contributed by atoms with E-state index in [2.05, 4.69) is 30.5 Å². The second-order valence-corrected chi connectivity index (χ2v) is 14.8. The molecule has 0 bridgehead atoms. The van der Waals surface area contributed by atoms with E-state index in [0.29, 0.717) is 42.4 Å². The summed E-state index contributed by atoms with van der Waals surface area (Å²) in [6, 6.07) is 5.67. The molecule has 0 spiro atoms. The van der Waals surface area contributed by atoms with Gasteiger partial charge >= 0.3 is 0 Å². The first kappa shape index (κ1) is 34.8. The number of benzene rings is 1. The van der Waals surface area contributed by atoms with Gasteiger partial charge in [-0.3, -0.25) is 9.59 Å². The van der Waals surface area contributed by atoms with Gasteiger partial charge in [0.25, 0.3) is 0 Å². The molecule has 2 saturated carbocycles. The Morgan fingerprint density at radius 2 is 1.66 bits per heavy atom. The summed E-state index contributed by atoms with van der Waals surface area (Å²) in [4.78, 5) is 24.5. The summed E-state index contributed by atoms with van der Waals surface area (Å²) >= 11 is 0. The monoisotopic (exact) mass is 610 g/mol. The van der Waals surface area contributed by atoms with Crippen LogP contribution in [0.4, 0.5) is 0 Å². The molecule has 1 unspecified atom stereocenters. The van der Waals surface area contributed by atoms with Gasteiger partial charge in [0.15, 0.2) is 0 Å². The Kier molecular flexibility index (Phi) is 13.0. The van der Waals surface area contributed by atoms with Crippen molar-refractivity contribution in [2.45, 2.75) is 155 Å². The maximum atomic E-state index is 12.6. The van der Waals surface area contributed by atoms with E-state index in [1.54, 1.807) is 0 Å². The van der Waals surface area contributed by atoms with E-state index in [9.17, 15) is 19.8 Å². The van der Waals surface area contributed by atoms with Crippen LogP contribution in [-0.4, -0.2) is 40.7 Å². The highest BCUT2D eigenvalue weighted by molar-refractivity contribution is 5.87. The molecule has 6 heteroatoms. The van der Waals surface area contributed by atoms with Crippen molar-refractivity contribution in [3.05, 3.63) is 29.3 Å². The standard InChI is InChI=1S/C38H62N2O4/c1-5-26(3)36(40-34(43)6-2)37(44)39-23-15-13-11-9-7-8-10-12-14-16-27-24-28-25-29(41)17-18-30(28)31-21-22-38(4)32(35(27)31)19-20-33(38)42/h17-18,25-27,31-33,35-36,41-42H,5-16,19-24H2,1-4H3,(H,39,44)(H,40,43)/t26?,27-,31-,32+,33+,35-,36+,38+/m1/s1. The number of unbranched alkanes of at least 4 members (excludes halogenated alkanes) is 8. The van der Waals surface area contributed by atoms with Crippen molar-refractivity contribution in [1.82, 2.24) is 10.6 Å². The normalized spacial score (nSPS) is 28.8. The second-order valence-electron chi connectivity index (χ2n) is 14.8. The topological polar surface area (TPSA) is 98.7 Å². The van der Waals surface area contributed by atoms with Crippen LogP contribution in [0.3, 0.4) is 0 Å². The Morgan fingerprint density at radius 3 is 2.34 bits per heavy atom. The summed E-state index contributed by atoms with van der Waals surface area (Å²) in [5, 5.41) is 27.1. The number of amides is 2. The van der Waals surface area contributed by atoms with E-state index in [1.165, 1.54) is 75.3 Å². The first-order valence-corrected chi connectivity index (χ1v) is 18.3. The highest BCUT2D eigenvalue weighted by Gasteiger charge is 2.56. The van der Waals surface area contributed by atoms with Crippen molar-refractivity contribution in [2.24, 2.45) is 29.1 Å². The van der Waals surface area contributed by atoms with Gasteiger partial charge in [0.2, 0.25) is 11.8 Å². The first-order valence-electron chi connectivity index (χ1n) is 18.3. The molecule has 0 aliphatic heterocycles. The summed E-state index contributed by atoms with van der Waals surface area (Å²) < 4.78 is 0. The van der Waals surface area contributed by atoms with E-state index < -0.39 is 6.04 Å². The van der Waals surface area contributed by atoms with Crippen molar-refractivity contribution in [2.75, 3.05) is 6.54 Å². The number of aromatic hydroxyl groups is 1. The van der Waals surface area contributed by atoms with Gasteiger partial charge in [-0.1, -0.05) is 91.5 Å². The Morgan fingerprint density at radius 1 is 0.977 bits per heavy atom. The summed E-state index contributed by atoms with van der Waals surface area (Å²) in [5.74, 6) is 2.95. The molecule has 1 aromatic carbocycles. The van der Waals surface area contributed by atoms with Gasteiger partial charge in [0.05, 0.1) is 6.10 Å². The van der Waals surface area contributed by atoms with Crippen molar-refractivity contribution in [1.29, 1.82) is 0 Å². The van der Waals surface area contributed by atoms with Crippen LogP contribution in [0.5, 0.6) is 5.75 Å². The minimum atomic E-state index is -0.435. The molecule has 3 aliphatic carbocycles. The zero-order valence-corrected chi connectivity index (χ0v) is 28.2. The molecule has 2 fully saturated rings. The smallest absolute Gasteiger partial charge is 0.242 e. The largest absolute Gasteiger partial charge is 0.508 e. The van der Waals surface area contributed by atoms with Crippen molar-refractivity contribution in [3.63, 3.8) is 0 Å². The predicted molar refractivity (Wildman–Crippen MR) is 178 cm³/mol. The minimum Gasteiger partial charge on any atom is -0.508 e. The fraction of sp³-hybridized carbons (Fsp3) is 0.789. The average Bonchev–Trinajstić information content (AvgIpc) is 3.32. The number of fused-ring (bicyclic) bond motifs is 5. The van der Waals surface area contributed by atoms with Crippen LogP contribution >= 0.6 is 0 Å². The van der Waals surface area contributed by atoms with Crippen molar-refractivity contribution >= 4 is 11.8 Å². The molecule has 248 valence electrons. The molecule has 0 heterocycles. The molecule has 2 amide bonds. The number of nitrogens with one attached hydrogen (secondary N) is 2. The van der Waals surface area contributed by atoms with Gasteiger partial charge in [-0.15, -0.1) is 0 Å². The number of carbonyl (C=O) groups is 2. The molecular formula is C38H62N2O4. The van der Waals surface area contributed by atoms with Crippen LogP contribution in [0.1, 0.15) is 147 Å². The lowest BCUT2D eigenvalue weighted by atomic mass is 9.52. The molecule has 4 rings (SSSR count). The van der Waals surface area contributed by atoms with Crippen LogP contribution in [0.25, 0.3) is 0 Å². The van der Waals surface area contributed by atoms with Gasteiger partial charge in [0, 0.05) is 13.0 Å². The number of aliphatic hydroxyl groups excluding tert-OH is 1. The van der Waals surface area contributed by atoms with E-state index in [-0.39, 0.29) is 29.3 Å². The van der Waals surface area contributed by atoms with Crippen LogP contribution in [0.15, 0.2) is 18.2 Å². The van der Waals surface area contributed by atoms with E-state index in [1.807, 2.05) is 26.0 Å². The number of phenols is 1. The van der Waals surface area contributed by atoms with Crippen LogP contribution < -0.4 is 10.6 Å². The van der Waals surface area contributed by atoms with E-state index in [0.717, 1.165) is 38.5 Å². The summed E-state index contributed by atoms with van der Waals surface area (Å²) in [7, 11) is 0. The SMILES string of the molecule is CCC(=O)N[C@H](C(=O)NCCCCCCCCCCC[C@@H]1Cc2cc(O)ccc2[C@H]2CC[C@]3(C)[C@@H](O)CC[C@H]3[C@H]12)C(C)CC. The van der Waals surface area contributed by atoms with Crippen molar-refractivity contribution in [3.8, 4) is 5.75 Å².